The van der Waals surface area contributed by atoms with Gasteiger partial charge >= 0.3 is 0 Å². The molecule has 5 aromatic heterocycles. The van der Waals surface area contributed by atoms with E-state index in [0.717, 1.165) is 16.6 Å². The Hall–Kier alpha value is -7.53. The first-order chi connectivity index (χ1) is 28.7. The first-order valence-electron chi connectivity index (χ1n) is 18.2. The molecular formula is C47H30Cl2N6O4. The van der Waals surface area contributed by atoms with Gasteiger partial charge in [-0.05, 0) is 90.5 Å². The number of rotatable bonds is 8. The average Bonchev–Trinajstić information content (AvgIpc) is 3.69. The van der Waals surface area contributed by atoms with Gasteiger partial charge in [-0.15, -0.1) is 0 Å². The normalized spacial score (nSPS) is 11.4. The Morgan fingerprint density at radius 3 is 1.85 bits per heavy atom. The van der Waals surface area contributed by atoms with Crippen LogP contribution in [0.2, 0.25) is 10.0 Å². The summed E-state index contributed by atoms with van der Waals surface area (Å²) < 4.78 is 0. The summed E-state index contributed by atoms with van der Waals surface area (Å²) in [6.45, 7) is 0. The van der Waals surface area contributed by atoms with Gasteiger partial charge in [-0.1, -0.05) is 83.9 Å². The second-order valence-corrected chi connectivity index (χ2v) is 14.1. The standard InChI is InChI=1S/C24H15ClN4O2.C23H15ClN2O2/c25-14-8-9-16-15(13-14)22(19-7-3-4-12-26-19)23(24(31)29-16)20(30)10-11-21-27-17-5-1-2-6-18(17)28-21;24-17-9-10-19-18(13-17)21(16-7-4-12-25-14-16)22(23(28)26-19)20(27)11-8-15-5-2-1-3-6-15/h1-13H,(H,27,28)(H,29,31);1-14H,(H,26,28)/b11-10+;11-8+. The molecule has 0 aliphatic carbocycles. The Morgan fingerprint density at radius 2 is 1.20 bits per heavy atom. The van der Waals surface area contributed by atoms with Crippen LogP contribution in [0.3, 0.4) is 0 Å². The lowest BCUT2D eigenvalue weighted by Crippen LogP contribution is -2.19. The number of halogens is 2. The molecule has 9 aromatic rings. The van der Waals surface area contributed by atoms with E-state index in [1.807, 2.05) is 60.7 Å². The van der Waals surface area contributed by atoms with Gasteiger partial charge in [0, 0.05) is 67.1 Å². The van der Waals surface area contributed by atoms with Gasteiger partial charge in [-0.2, -0.15) is 0 Å². The number of fused-ring (bicyclic) bond motifs is 3. The number of nitrogens with one attached hydrogen (secondary N) is 3. The summed E-state index contributed by atoms with van der Waals surface area (Å²) in [7, 11) is 0. The van der Waals surface area contributed by atoms with E-state index in [4.69, 9.17) is 23.2 Å². The molecule has 3 N–H and O–H groups in total. The van der Waals surface area contributed by atoms with Crippen LogP contribution in [0, 0.1) is 0 Å². The molecule has 12 heteroatoms. The van der Waals surface area contributed by atoms with Crippen molar-refractivity contribution >= 4 is 79.8 Å². The Balaban J connectivity index is 0.000000165. The zero-order valence-corrected chi connectivity index (χ0v) is 32.3. The van der Waals surface area contributed by atoms with Gasteiger partial charge in [0.25, 0.3) is 11.1 Å². The Bertz CT molecular complexity index is 3180. The first kappa shape index (κ1) is 38.3. The number of H-pyrrole nitrogens is 3. The number of aromatic amines is 3. The predicted molar refractivity (Wildman–Crippen MR) is 235 cm³/mol. The number of carbonyl (C=O) groups is 2. The summed E-state index contributed by atoms with van der Waals surface area (Å²) in [6, 6.07) is 36.2. The third-order valence-corrected chi connectivity index (χ3v) is 9.81. The van der Waals surface area contributed by atoms with Gasteiger partial charge in [0.1, 0.15) is 5.82 Å². The van der Waals surface area contributed by atoms with Crippen LogP contribution in [-0.2, 0) is 0 Å². The SMILES string of the molecule is O=C(/C=C/c1ccccc1)c1c(-c2cccnc2)c2cc(Cl)ccc2[nH]c1=O.O=C(/C=C/c1nc2ccccc2[nH]1)c1c(-c2ccccn2)c2cc(Cl)ccc2[nH]c1=O. The van der Waals surface area contributed by atoms with Gasteiger partial charge in [0.05, 0.1) is 27.9 Å². The molecule has 0 unspecified atom stereocenters. The van der Waals surface area contributed by atoms with Crippen molar-refractivity contribution in [3.63, 3.8) is 0 Å². The quantitative estimate of drug-likeness (QED) is 0.102. The molecule has 286 valence electrons. The van der Waals surface area contributed by atoms with Crippen LogP contribution in [0.5, 0.6) is 0 Å². The number of hydrogen-bond acceptors (Lipinski definition) is 7. The Labute approximate surface area is 345 Å². The second kappa shape index (κ2) is 16.9. The van der Waals surface area contributed by atoms with Crippen LogP contribution in [0.15, 0.2) is 162 Å². The van der Waals surface area contributed by atoms with E-state index >= 15 is 0 Å². The number of pyridine rings is 4. The van der Waals surface area contributed by atoms with Crippen molar-refractivity contribution in [2.24, 2.45) is 0 Å². The van der Waals surface area contributed by atoms with E-state index in [2.05, 4.69) is 29.9 Å². The third kappa shape index (κ3) is 8.31. The van der Waals surface area contributed by atoms with E-state index in [0.29, 0.717) is 60.1 Å². The maximum Gasteiger partial charge on any atom is 0.260 e. The molecule has 4 aromatic carbocycles. The maximum atomic E-state index is 13.2. The number of aromatic nitrogens is 6. The van der Waals surface area contributed by atoms with Crippen LogP contribution >= 0.6 is 23.2 Å². The van der Waals surface area contributed by atoms with E-state index in [-0.39, 0.29) is 16.9 Å². The number of hydrogen-bond donors (Lipinski definition) is 3. The lowest BCUT2D eigenvalue weighted by molar-refractivity contribution is 0.103. The highest BCUT2D eigenvalue weighted by Crippen LogP contribution is 2.32. The van der Waals surface area contributed by atoms with E-state index in [1.165, 1.54) is 12.2 Å². The summed E-state index contributed by atoms with van der Waals surface area (Å²) in [5.74, 6) is -0.315. The van der Waals surface area contributed by atoms with Crippen molar-refractivity contribution in [1.82, 2.24) is 29.9 Å². The molecule has 9 rings (SSSR count). The topological polar surface area (TPSA) is 154 Å². The van der Waals surface area contributed by atoms with Crippen molar-refractivity contribution in [2.75, 3.05) is 0 Å². The van der Waals surface area contributed by atoms with Gasteiger partial charge in [-0.3, -0.25) is 29.1 Å². The summed E-state index contributed by atoms with van der Waals surface area (Å²) in [4.78, 5) is 73.5. The maximum absolute atomic E-state index is 13.2. The molecular weight excluding hydrogens is 783 g/mol. The predicted octanol–water partition coefficient (Wildman–Crippen LogP) is 10.2. The van der Waals surface area contributed by atoms with Gasteiger partial charge in [0.15, 0.2) is 11.6 Å². The fraction of sp³-hybridized carbons (Fsp3) is 0. The number of imidazole rings is 1. The van der Waals surface area contributed by atoms with Crippen LogP contribution in [0.25, 0.3) is 67.4 Å². The van der Waals surface area contributed by atoms with Crippen LogP contribution in [0.1, 0.15) is 32.1 Å². The minimum absolute atomic E-state index is 0.000766. The number of benzene rings is 4. The molecule has 0 bridgehead atoms. The fourth-order valence-corrected chi connectivity index (χ4v) is 7.04. The molecule has 0 saturated heterocycles. The Kier molecular flexibility index (Phi) is 11.0. The summed E-state index contributed by atoms with van der Waals surface area (Å²) in [5, 5.41) is 2.35. The van der Waals surface area contributed by atoms with Crippen molar-refractivity contribution in [3.05, 3.63) is 205 Å². The molecule has 0 amide bonds. The zero-order valence-electron chi connectivity index (χ0n) is 30.8. The van der Waals surface area contributed by atoms with Crippen molar-refractivity contribution < 1.29 is 9.59 Å². The molecule has 0 radical (unpaired) electrons. The molecule has 5 heterocycles. The largest absolute Gasteiger partial charge is 0.338 e. The van der Waals surface area contributed by atoms with Crippen LogP contribution in [0.4, 0.5) is 0 Å². The van der Waals surface area contributed by atoms with Crippen LogP contribution < -0.4 is 11.1 Å². The lowest BCUT2D eigenvalue weighted by Gasteiger charge is -2.11. The van der Waals surface area contributed by atoms with Crippen molar-refractivity contribution in [2.45, 2.75) is 0 Å². The number of carbonyl (C=O) groups excluding carboxylic acids is 2. The highest BCUT2D eigenvalue weighted by molar-refractivity contribution is 6.32. The molecule has 59 heavy (non-hydrogen) atoms. The zero-order chi connectivity index (χ0) is 40.9. The highest BCUT2D eigenvalue weighted by atomic mass is 35.5. The number of allylic oxidation sites excluding steroid dienone is 2. The van der Waals surface area contributed by atoms with Gasteiger partial charge in [0.2, 0.25) is 0 Å². The van der Waals surface area contributed by atoms with E-state index in [1.54, 1.807) is 91.4 Å². The third-order valence-electron chi connectivity index (χ3n) is 9.34. The lowest BCUT2D eigenvalue weighted by atomic mass is 9.94. The number of ketones is 2. The van der Waals surface area contributed by atoms with Crippen molar-refractivity contribution in [3.8, 4) is 22.4 Å². The molecule has 0 atom stereocenters. The molecule has 0 aliphatic rings. The average molecular weight is 814 g/mol. The smallest absolute Gasteiger partial charge is 0.260 e. The molecule has 0 spiro atoms. The summed E-state index contributed by atoms with van der Waals surface area (Å²) >= 11 is 12.4. The highest BCUT2D eigenvalue weighted by Gasteiger charge is 2.21. The van der Waals surface area contributed by atoms with Crippen molar-refractivity contribution in [1.29, 1.82) is 0 Å². The minimum Gasteiger partial charge on any atom is -0.338 e. The molecule has 0 saturated carbocycles. The Morgan fingerprint density at radius 1 is 0.576 bits per heavy atom. The van der Waals surface area contributed by atoms with E-state index in [9.17, 15) is 19.2 Å². The van der Waals surface area contributed by atoms with Gasteiger partial charge < -0.3 is 15.0 Å². The summed E-state index contributed by atoms with van der Waals surface area (Å²) in [5.41, 5.74) is 5.01. The molecule has 0 aliphatic heterocycles. The number of para-hydroxylation sites is 2. The molecule has 0 fully saturated rings. The van der Waals surface area contributed by atoms with E-state index < -0.39 is 16.9 Å². The molecule has 10 nitrogen and oxygen atoms in total. The fourth-order valence-electron chi connectivity index (χ4n) is 6.70. The van der Waals surface area contributed by atoms with Crippen LogP contribution in [-0.4, -0.2) is 41.5 Å². The number of nitrogens with zero attached hydrogens (tertiary/aromatic N) is 3. The first-order valence-corrected chi connectivity index (χ1v) is 19.0. The minimum atomic E-state index is -0.491. The van der Waals surface area contributed by atoms with Gasteiger partial charge in [-0.25, -0.2) is 4.98 Å². The summed E-state index contributed by atoms with van der Waals surface area (Å²) in [6.07, 6.45) is 10.9. The monoisotopic (exact) mass is 812 g/mol. The second-order valence-electron chi connectivity index (χ2n) is 13.2.